The van der Waals surface area contributed by atoms with Crippen molar-refractivity contribution in [3.63, 3.8) is 0 Å². The molecule has 6 nitrogen and oxygen atoms in total. The third kappa shape index (κ3) is 4.17. The Kier molecular flexibility index (Phi) is 5.33. The number of nitrogens with one attached hydrogen (secondary N) is 1. The molecule has 132 valence electrons. The summed E-state index contributed by atoms with van der Waals surface area (Å²) in [6.07, 6.45) is 2.14. The van der Waals surface area contributed by atoms with Crippen molar-refractivity contribution in [1.29, 1.82) is 0 Å². The van der Waals surface area contributed by atoms with Crippen LogP contribution in [-0.2, 0) is 17.9 Å². The number of amides is 2. The lowest BCUT2D eigenvalue weighted by molar-refractivity contribution is -0.121. The number of carbonyl (C=O) groups excluding carboxylic acids is 2. The molecule has 0 bridgehead atoms. The van der Waals surface area contributed by atoms with E-state index < -0.39 is 0 Å². The maximum atomic E-state index is 12.3. The molecule has 25 heavy (non-hydrogen) atoms. The smallest absolute Gasteiger partial charge is 0.307 e. The molecule has 1 saturated heterocycles. The van der Waals surface area contributed by atoms with Gasteiger partial charge in [-0.1, -0.05) is 23.5 Å². The van der Waals surface area contributed by atoms with Gasteiger partial charge in [-0.25, -0.2) is 0 Å². The highest BCUT2D eigenvalue weighted by atomic mass is 32.1. The maximum absolute atomic E-state index is 12.3. The van der Waals surface area contributed by atoms with Crippen LogP contribution in [0.25, 0.3) is 0 Å². The van der Waals surface area contributed by atoms with Gasteiger partial charge in [-0.05, 0) is 37.5 Å². The first-order chi connectivity index (χ1) is 12.0. The van der Waals surface area contributed by atoms with E-state index in [-0.39, 0.29) is 23.2 Å². The monoisotopic (exact) mass is 359 g/mol. The molecule has 0 unspecified atom stereocenters. The molecule has 1 aliphatic rings. The van der Waals surface area contributed by atoms with Crippen molar-refractivity contribution in [1.82, 2.24) is 14.8 Å². The molecular weight excluding hydrogens is 338 g/mol. The van der Waals surface area contributed by atoms with Gasteiger partial charge in [0.15, 0.2) is 0 Å². The van der Waals surface area contributed by atoms with Gasteiger partial charge < -0.3 is 10.2 Å². The minimum atomic E-state index is -0.208. The van der Waals surface area contributed by atoms with E-state index in [1.54, 1.807) is 24.4 Å². The number of aromatic nitrogens is 1. The summed E-state index contributed by atoms with van der Waals surface area (Å²) in [6.45, 7) is 3.87. The zero-order valence-corrected chi connectivity index (χ0v) is 15.0. The van der Waals surface area contributed by atoms with Gasteiger partial charge in [0.05, 0.1) is 0 Å². The van der Waals surface area contributed by atoms with E-state index in [9.17, 15) is 14.4 Å². The lowest BCUT2D eigenvalue weighted by Gasteiger charge is -2.15. The van der Waals surface area contributed by atoms with Gasteiger partial charge in [0.2, 0.25) is 5.91 Å². The number of benzene rings is 1. The summed E-state index contributed by atoms with van der Waals surface area (Å²) in [5, 5.41) is 4.55. The van der Waals surface area contributed by atoms with Crippen LogP contribution in [0.15, 0.2) is 34.4 Å². The first-order valence-electron chi connectivity index (χ1n) is 8.34. The summed E-state index contributed by atoms with van der Waals surface area (Å²) in [7, 11) is 0. The van der Waals surface area contributed by atoms with Crippen molar-refractivity contribution in [2.75, 3.05) is 13.1 Å². The molecule has 1 aliphatic heterocycles. The van der Waals surface area contributed by atoms with E-state index in [0.717, 1.165) is 48.5 Å². The van der Waals surface area contributed by atoms with Gasteiger partial charge in [0, 0.05) is 36.3 Å². The lowest BCUT2D eigenvalue weighted by Crippen LogP contribution is -2.30. The number of hydrogen-bond acceptors (Lipinski definition) is 4. The predicted octanol–water partition coefficient (Wildman–Crippen LogP) is 1.77. The minimum absolute atomic E-state index is 0.0275. The van der Waals surface area contributed by atoms with Gasteiger partial charge in [0.1, 0.15) is 6.54 Å². The second-order valence-corrected chi connectivity index (χ2v) is 7.02. The fourth-order valence-corrected chi connectivity index (χ4v) is 3.60. The van der Waals surface area contributed by atoms with Crippen molar-refractivity contribution in [2.45, 2.75) is 32.9 Å². The molecule has 2 amide bonds. The van der Waals surface area contributed by atoms with E-state index in [2.05, 4.69) is 5.32 Å². The average molecular weight is 359 g/mol. The van der Waals surface area contributed by atoms with Crippen LogP contribution in [0.4, 0.5) is 0 Å². The van der Waals surface area contributed by atoms with Crippen LogP contribution in [0.1, 0.15) is 34.5 Å². The number of rotatable bonds is 5. The van der Waals surface area contributed by atoms with Gasteiger partial charge in [0.25, 0.3) is 5.91 Å². The van der Waals surface area contributed by atoms with Crippen LogP contribution in [-0.4, -0.2) is 34.4 Å². The maximum Gasteiger partial charge on any atom is 0.307 e. The van der Waals surface area contributed by atoms with Gasteiger partial charge in [-0.3, -0.25) is 19.0 Å². The van der Waals surface area contributed by atoms with E-state index in [0.29, 0.717) is 12.1 Å². The van der Waals surface area contributed by atoms with Crippen molar-refractivity contribution in [3.8, 4) is 0 Å². The number of nitrogens with zero attached hydrogens (tertiary/aromatic N) is 2. The molecular formula is C18H21N3O3S. The average Bonchev–Trinajstić information content (AvgIpc) is 3.26. The predicted molar refractivity (Wildman–Crippen MR) is 96.7 cm³/mol. The van der Waals surface area contributed by atoms with Crippen LogP contribution in [0, 0.1) is 6.92 Å². The zero-order valence-electron chi connectivity index (χ0n) is 14.2. The van der Waals surface area contributed by atoms with Crippen molar-refractivity contribution in [3.05, 3.63) is 56.1 Å². The summed E-state index contributed by atoms with van der Waals surface area (Å²) in [5.41, 5.74) is 2.38. The van der Waals surface area contributed by atoms with E-state index in [1.165, 1.54) is 4.57 Å². The fraction of sp³-hybridized carbons (Fsp3) is 0.389. The molecule has 1 N–H and O–H groups in total. The van der Waals surface area contributed by atoms with E-state index in [4.69, 9.17) is 0 Å². The molecule has 1 aromatic carbocycles. The Labute approximate surface area is 150 Å². The van der Waals surface area contributed by atoms with Crippen molar-refractivity contribution >= 4 is 23.2 Å². The van der Waals surface area contributed by atoms with Crippen LogP contribution >= 0.6 is 11.3 Å². The molecule has 0 radical (unpaired) electrons. The highest BCUT2D eigenvalue weighted by Gasteiger charge is 2.19. The number of likely N-dealkylation sites (tertiary alicyclic amines) is 1. The zero-order chi connectivity index (χ0) is 17.8. The lowest BCUT2D eigenvalue weighted by atomic mass is 10.1. The molecule has 2 aromatic rings. The molecule has 1 fully saturated rings. The van der Waals surface area contributed by atoms with Crippen molar-refractivity contribution in [2.24, 2.45) is 0 Å². The summed E-state index contributed by atoms with van der Waals surface area (Å²) in [4.78, 5) is 37.7. The third-order valence-electron chi connectivity index (χ3n) is 4.36. The Hall–Kier alpha value is -2.41. The topological polar surface area (TPSA) is 71.4 Å². The third-order valence-corrected chi connectivity index (χ3v) is 5.24. The number of carbonyl (C=O) groups is 2. The Morgan fingerprint density at radius 2 is 1.84 bits per heavy atom. The van der Waals surface area contributed by atoms with E-state index in [1.807, 2.05) is 17.0 Å². The summed E-state index contributed by atoms with van der Waals surface area (Å²) in [5.74, 6) is -0.138. The highest BCUT2D eigenvalue weighted by molar-refractivity contribution is 7.07. The highest BCUT2D eigenvalue weighted by Crippen LogP contribution is 2.13. The molecule has 1 aromatic heterocycles. The molecule has 0 aliphatic carbocycles. The second-order valence-electron chi connectivity index (χ2n) is 6.20. The van der Waals surface area contributed by atoms with Gasteiger partial charge >= 0.3 is 4.87 Å². The Bertz CT molecular complexity index is 817. The number of aryl methyl sites for hydroxylation is 1. The van der Waals surface area contributed by atoms with Crippen LogP contribution < -0.4 is 10.2 Å². The Morgan fingerprint density at radius 1 is 1.16 bits per heavy atom. The Morgan fingerprint density at radius 3 is 2.44 bits per heavy atom. The molecule has 3 rings (SSSR count). The Balaban J connectivity index is 1.54. The number of hydrogen-bond donors (Lipinski definition) is 1. The molecule has 2 heterocycles. The number of thiazole rings is 1. The minimum Gasteiger partial charge on any atom is -0.350 e. The van der Waals surface area contributed by atoms with Crippen molar-refractivity contribution < 1.29 is 9.59 Å². The SMILES string of the molecule is Cc1csc(=O)n1CC(=O)NCc1ccc(C(=O)N2CCCC2)cc1. The molecule has 0 atom stereocenters. The molecule has 0 spiro atoms. The molecule has 0 saturated carbocycles. The van der Waals surface area contributed by atoms with Gasteiger partial charge in [-0.2, -0.15) is 0 Å². The van der Waals surface area contributed by atoms with Gasteiger partial charge in [-0.15, -0.1) is 0 Å². The van der Waals surface area contributed by atoms with Crippen LogP contribution in [0.5, 0.6) is 0 Å². The summed E-state index contributed by atoms with van der Waals surface area (Å²) >= 11 is 1.09. The second kappa shape index (κ2) is 7.65. The fourth-order valence-electron chi connectivity index (χ4n) is 2.86. The molecule has 7 heteroatoms. The normalized spacial score (nSPS) is 13.9. The van der Waals surface area contributed by atoms with Crippen LogP contribution in [0.3, 0.4) is 0 Å². The van der Waals surface area contributed by atoms with Crippen LogP contribution in [0.2, 0.25) is 0 Å². The van der Waals surface area contributed by atoms with E-state index >= 15 is 0 Å². The quantitative estimate of drug-likeness (QED) is 0.884. The first-order valence-corrected chi connectivity index (χ1v) is 9.22. The summed E-state index contributed by atoms with van der Waals surface area (Å²) in [6, 6.07) is 7.31. The largest absolute Gasteiger partial charge is 0.350 e. The summed E-state index contributed by atoms with van der Waals surface area (Å²) < 4.78 is 1.46. The standard InChI is InChI=1S/C18H21N3O3S/c1-13-12-25-18(24)21(13)11-16(22)19-10-14-4-6-15(7-5-14)17(23)20-8-2-3-9-20/h4-7,12H,2-3,8-11H2,1H3,(H,19,22). The first kappa shape index (κ1) is 17.4.